The highest BCUT2D eigenvalue weighted by Gasteiger charge is 2.31. The molecule has 2 fully saturated rings. The molecule has 0 aliphatic carbocycles. The number of thioether (sulfide) groups is 1. The lowest BCUT2D eigenvalue weighted by Crippen LogP contribution is -2.45. The number of anilines is 1. The predicted octanol–water partition coefficient (Wildman–Crippen LogP) is 1.15. The summed E-state index contributed by atoms with van der Waals surface area (Å²) in [6.07, 6.45) is 2.33. The molecule has 0 radical (unpaired) electrons. The third kappa shape index (κ3) is 3.40. The Morgan fingerprint density at radius 1 is 1.27 bits per heavy atom. The van der Waals surface area contributed by atoms with Crippen LogP contribution in [0.5, 0.6) is 0 Å². The maximum Gasteiger partial charge on any atom is 0.223 e. The maximum atomic E-state index is 12.3. The molecule has 1 aromatic heterocycles. The van der Waals surface area contributed by atoms with Gasteiger partial charge in [0.05, 0.1) is 11.7 Å². The number of carbonyl (C=O) groups excluding carboxylic acids is 2. The van der Waals surface area contributed by atoms with Gasteiger partial charge in [-0.15, -0.1) is 5.10 Å². The van der Waals surface area contributed by atoms with Crippen molar-refractivity contribution < 1.29 is 9.59 Å². The number of aromatic nitrogens is 2. The van der Waals surface area contributed by atoms with E-state index in [0.29, 0.717) is 0 Å². The number of amides is 1. The minimum Gasteiger partial charge on any atom is -0.355 e. The van der Waals surface area contributed by atoms with Gasteiger partial charge in [0.1, 0.15) is 0 Å². The predicted molar refractivity (Wildman–Crippen MR) is 85.7 cm³/mol. The summed E-state index contributed by atoms with van der Waals surface area (Å²) in [6, 6.07) is 3.64. The lowest BCUT2D eigenvalue weighted by Gasteiger charge is -2.32. The molecule has 0 saturated carbocycles. The molecule has 2 saturated heterocycles. The van der Waals surface area contributed by atoms with Gasteiger partial charge < -0.3 is 10.2 Å². The SMILES string of the molecule is Cc1ccc(N2CCC(C(=O)NC3CCSC3=O)CC2)nn1. The topological polar surface area (TPSA) is 75.2 Å². The standard InChI is InChI=1S/C15H20N4O2S/c1-10-2-3-13(18-17-10)19-7-4-11(5-8-19)14(20)16-12-6-9-22-15(12)21/h2-3,11-12H,4-9H2,1H3,(H,16,20). The number of hydrogen-bond acceptors (Lipinski definition) is 6. The zero-order valence-corrected chi connectivity index (χ0v) is 13.4. The van der Waals surface area contributed by atoms with E-state index in [-0.39, 0.29) is 23.0 Å². The van der Waals surface area contributed by atoms with Crippen LogP contribution in [0, 0.1) is 12.8 Å². The molecule has 0 aromatic carbocycles. The summed E-state index contributed by atoms with van der Waals surface area (Å²) in [6.45, 7) is 3.50. The van der Waals surface area contributed by atoms with E-state index in [1.165, 1.54) is 11.8 Å². The minimum atomic E-state index is -0.279. The van der Waals surface area contributed by atoms with E-state index in [4.69, 9.17) is 0 Å². The van der Waals surface area contributed by atoms with Crippen molar-refractivity contribution in [3.05, 3.63) is 17.8 Å². The van der Waals surface area contributed by atoms with Crippen LogP contribution in [0.1, 0.15) is 25.0 Å². The van der Waals surface area contributed by atoms with Gasteiger partial charge >= 0.3 is 0 Å². The fourth-order valence-corrected chi connectivity index (χ4v) is 3.78. The summed E-state index contributed by atoms with van der Waals surface area (Å²) in [7, 11) is 0. The molecule has 2 aliphatic heterocycles. The first-order valence-corrected chi connectivity index (χ1v) is 8.64. The fourth-order valence-electron chi connectivity index (χ4n) is 2.85. The molecule has 7 heteroatoms. The number of rotatable bonds is 3. The molecule has 2 aliphatic rings. The Balaban J connectivity index is 1.51. The molecule has 1 unspecified atom stereocenters. The van der Waals surface area contributed by atoms with Crippen LogP contribution in [-0.4, -0.2) is 46.1 Å². The summed E-state index contributed by atoms with van der Waals surface area (Å²) in [5.41, 5.74) is 0.900. The molecule has 118 valence electrons. The zero-order valence-electron chi connectivity index (χ0n) is 12.6. The summed E-state index contributed by atoms with van der Waals surface area (Å²) < 4.78 is 0. The van der Waals surface area contributed by atoms with Crippen molar-refractivity contribution in [1.29, 1.82) is 0 Å². The normalized spacial score (nSPS) is 22.9. The molecular formula is C15H20N4O2S. The van der Waals surface area contributed by atoms with E-state index < -0.39 is 0 Å². The number of carbonyl (C=O) groups is 2. The Labute approximate surface area is 134 Å². The zero-order chi connectivity index (χ0) is 15.5. The molecule has 0 spiro atoms. The summed E-state index contributed by atoms with van der Waals surface area (Å²) in [5.74, 6) is 1.70. The fraction of sp³-hybridized carbons (Fsp3) is 0.600. The summed E-state index contributed by atoms with van der Waals surface area (Å²) >= 11 is 1.32. The van der Waals surface area contributed by atoms with E-state index in [9.17, 15) is 9.59 Å². The Hall–Kier alpha value is -1.63. The van der Waals surface area contributed by atoms with E-state index in [1.54, 1.807) is 0 Å². The van der Waals surface area contributed by atoms with Crippen LogP contribution in [0.2, 0.25) is 0 Å². The smallest absolute Gasteiger partial charge is 0.223 e. The average Bonchev–Trinajstić information content (AvgIpc) is 2.93. The number of piperidine rings is 1. The number of aryl methyl sites for hydroxylation is 1. The van der Waals surface area contributed by atoms with Crippen molar-refractivity contribution in [3.8, 4) is 0 Å². The largest absolute Gasteiger partial charge is 0.355 e. The van der Waals surface area contributed by atoms with Gasteiger partial charge in [0, 0.05) is 24.8 Å². The van der Waals surface area contributed by atoms with Crippen LogP contribution in [0.3, 0.4) is 0 Å². The molecule has 6 nitrogen and oxygen atoms in total. The Bertz CT molecular complexity index is 555. The van der Waals surface area contributed by atoms with Crippen LogP contribution >= 0.6 is 11.8 Å². The van der Waals surface area contributed by atoms with Gasteiger partial charge in [-0.2, -0.15) is 5.10 Å². The number of hydrogen-bond donors (Lipinski definition) is 1. The Morgan fingerprint density at radius 3 is 2.64 bits per heavy atom. The van der Waals surface area contributed by atoms with Crippen LogP contribution in [0.4, 0.5) is 5.82 Å². The monoisotopic (exact) mass is 320 g/mol. The molecule has 0 bridgehead atoms. The molecule has 1 N–H and O–H groups in total. The van der Waals surface area contributed by atoms with E-state index in [2.05, 4.69) is 20.4 Å². The van der Waals surface area contributed by atoms with Gasteiger partial charge in [-0.25, -0.2) is 0 Å². The van der Waals surface area contributed by atoms with Crippen molar-refractivity contribution in [3.63, 3.8) is 0 Å². The molecule has 1 atom stereocenters. The lowest BCUT2D eigenvalue weighted by molar-refractivity contribution is -0.128. The van der Waals surface area contributed by atoms with Gasteiger partial charge in [0.25, 0.3) is 0 Å². The van der Waals surface area contributed by atoms with Crippen LogP contribution in [0.25, 0.3) is 0 Å². The van der Waals surface area contributed by atoms with Crippen molar-refractivity contribution in [1.82, 2.24) is 15.5 Å². The van der Waals surface area contributed by atoms with Crippen LogP contribution < -0.4 is 10.2 Å². The first-order chi connectivity index (χ1) is 10.6. The molecular weight excluding hydrogens is 300 g/mol. The van der Waals surface area contributed by atoms with E-state index >= 15 is 0 Å². The summed E-state index contributed by atoms with van der Waals surface area (Å²) in [4.78, 5) is 26.0. The summed E-state index contributed by atoms with van der Waals surface area (Å²) in [5, 5.41) is 11.3. The third-order valence-electron chi connectivity index (χ3n) is 4.23. The highest BCUT2D eigenvalue weighted by atomic mass is 32.2. The van der Waals surface area contributed by atoms with Crippen molar-refractivity contribution >= 4 is 28.6 Å². The molecule has 3 rings (SSSR count). The minimum absolute atomic E-state index is 0.00643. The molecule has 1 amide bonds. The second-order valence-electron chi connectivity index (χ2n) is 5.81. The molecule has 1 aromatic rings. The van der Waals surface area contributed by atoms with E-state index in [1.807, 2.05) is 19.1 Å². The van der Waals surface area contributed by atoms with E-state index in [0.717, 1.165) is 49.6 Å². The van der Waals surface area contributed by atoms with Gasteiger partial charge in [-0.3, -0.25) is 9.59 Å². The van der Waals surface area contributed by atoms with Crippen LogP contribution in [0.15, 0.2) is 12.1 Å². The number of nitrogens with zero attached hydrogens (tertiary/aromatic N) is 3. The second-order valence-corrected chi connectivity index (χ2v) is 6.91. The Morgan fingerprint density at radius 2 is 2.05 bits per heavy atom. The quantitative estimate of drug-likeness (QED) is 0.900. The van der Waals surface area contributed by atoms with Crippen molar-refractivity contribution in [2.45, 2.75) is 32.2 Å². The van der Waals surface area contributed by atoms with Crippen LogP contribution in [-0.2, 0) is 9.59 Å². The lowest BCUT2D eigenvalue weighted by atomic mass is 9.95. The molecule has 22 heavy (non-hydrogen) atoms. The van der Waals surface area contributed by atoms with Crippen molar-refractivity contribution in [2.24, 2.45) is 5.92 Å². The van der Waals surface area contributed by atoms with Gasteiger partial charge in [-0.1, -0.05) is 11.8 Å². The highest BCUT2D eigenvalue weighted by Crippen LogP contribution is 2.24. The Kier molecular flexibility index (Phi) is 4.61. The van der Waals surface area contributed by atoms with Crippen molar-refractivity contribution in [2.75, 3.05) is 23.7 Å². The maximum absolute atomic E-state index is 12.3. The first-order valence-electron chi connectivity index (χ1n) is 7.66. The van der Waals surface area contributed by atoms with Gasteiger partial charge in [0.15, 0.2) is 5.82 Å². The third-order valence-corrected chi connectivity index (χ3v) is 5.23. The number of nitrogens with one attached hydrogen (secondary N) is 1. The second kappa shape index (κ2) is 6.64. The highest BCUT2D eigenvalue weighted by molar-refractivity contribution is 8.14. The first kappa shape index (κ1) is 15.3. The van der Waals surface area contributed by atoms with Gasteiger partial charge in [-0.05, 0) is 38.3 Å². The molecule has 3 heterocycles. The van der Waals surface area contributed by atoms with Gasteiger partial charge in [0.2, 0.25) is 11.0 Å². The average molecular weight is 320 g/mol.